The lowest BCUT2D eigenvalue weighted by molar-refractivity contribution is -0.189. The molecule has 0 amide bonds. The number of ether oxygens (including phenoxy) is 1. The van der Waals surface area contributed by atoms with Crippen LogP contribution in [0.2, 0.25) is 0 Å². The van der Waals surface area contributed by atoms with Gasteiger partial charge in [-0.15, -0.1) is 0 Å². The van der Waals surface area contributed by atoms with Crippen molar-refractivity contribution in [3.8, 4) is 39.1 Å². The van der Waals surface area contributed by atoms with Gasteiger partial charge in [-0.1, -0.05) is 42.0 Å². The van der Waals surface area contributed by atoms with Gasteiger partial charge in [-0.2, -0.15) is 8.78 Å². The molecular formula is C32H17F9O. The minimum atomic E-state index is -4.54. The molecule has 0 spiro atoms. The van der Waals surface area contributed by atoms with E-state index < -0.39 is 58.1 Å². The first-order valence-corrected chi connectivity index (χ1v) is 12.2. The van der Waals surface area contributed by atoms with E-state index in [1.54, 1.807) is 31.2 Å². The fourth-order valence-electron chi connectivity index (χ4n) is 4.38. The topological polar surface area (TPSA) is 9.23 Å². The smallest absolute Gasteiger partial charge is 0.429 e. The van der Waals surface area contributed by atoms with Gasteiger partial charge in [-0.3, -0.25) is 0 Å². The van der Waals surface area contributed by atoms with Crippen molar-refractivity contribution in [2.75, 3.05) is 0 Å². The van der Waals surface area contributed by atoms with E-state index in [4.69, 9.17) is 0 Å². The lowest BCUT2D eigenvalue weighted by Gasteiger charge is -2.20. The second-order valence-electron chi connectivity index (χ2n) is 9.39. The fourth-order valence-corrected chi connectivity index (χ4v) is 4.38. The molecule has 42 heavy (non-hydrogen) atoms. The highest BCUT2D eigenvalue weighted by molar-refractivity contribution is 5.72. The standard InChI is InChI=1S/C32H17F9O/c1-16-2-4-17(5-3-16)19-11-26(35)30(27(36)12-19)32(40,41)42-21-7-9-22(25(34)15-21)18-6-8-23(24(33)10-18)20-13-28(37)31(39)29(38)14-20/h2-15H,1H3. The van der Waals surface area contributed by atoms with Gasteiger partial charge < -0.3 is 4.74 Å². The number of rotatable bonds is 6. The Balaban J connectivity index is 1.40. The Morgan fingerprint density at radius 2 is 0.952 bits per heavy atom. The molecule has 0 aliphatic carbocycles. The zero-order chi connectivity index (χ0) is 30.3. The Labute approximate surface area is 233 Å². The van der Waals surface area contributed by atoms with Crippen molar-refractivity contribution in [3.63, 3.8) is 0 Å². The minimum absolute atomic E-state index is 0.0212. The van der Waals surface area contributed by atoms with Crippen molar-refractivity contribution < 1.29 is 44.3 Å². The summed E-state index contributed by atoms with van der Waals surface area (Å²) in [6, 6.07) is 14.6. The lowest BCUT2D eigenvalue weighted by Crippen LogP contribution is -2.25. The van der Waals surface area contributed by atoms with Gasteiger partial charge in [0, 0.05) is 17.2 Å². The molecule has 0 aliphatic rings. The van der Waals surface area contributed by atoms with Crippen molar-refractivity contribution in [2.24, 2.45) is 0 Å². The third-order valence-corrected chi connectivity index (χ3v) is 6.48. The molecular weight excluding hydrogens is 571 g/mol. The Kier molecular flexibility index (Phi) is 7.49. The maximum absolute atomic E-state index is 14.9. The zero-order valence-electron chi connectivity index (χ0n) is 21.4. The van der Waals surface area contributed by atoms with Crippen LogP contribution in [-0.2, 0) is 6.11 Å². The summed E-state index contributed by atoms with van der Waals surface area (Å²) in [4.78, 5) is 0. The summed E-state index contributed by atoms with van der Waals surface area (Å²) < 4.78 is 134. The molecule has 0 saturated carbocycles. The van der Waals surface area contributed by atoms with Crippen LogP contribution in [0, 0.1) is 47.6 Å². The molecule has 0 aliphatic heterocycles. The van der Waals surface area contributed by atoms with Crippen LogP contribution in [0.4, 0.5) is 39.5 Å². The average Bonchev–Trinajstić information content (AvgIpc) is 2.91. The van der Waals surface area contributed by atoms with Crippen LogP contribution < -0.4 is 4.74 Å². The first-order chi connectivity index (χ1) is 19.8. The molecule has 0 bridgehead atoms. The van der Waals surface area contributed by atoms with Crippen LogP contribution in [0.3, 0.4) is 0 Å². The van der Waals surface area contributed by atoms with E-state index in [-0.39, 0.29) is 27.8 Å². The number of hydrogen-bond acceptors (Lipinski definition) is 1. The molecule has 0 radical (unpaired) electrons. The van der Waals surface area contributed by atoms with Crippen LogP contribution in [-0.4, -0.2) is 0 Å². The summed E-state index contributed by atoms with van der Waals surface area (Å²) in [7, 11) is 0. The highest BCUT2D eigenvalue weighted by atomic mass is 19.3. The van der Waals surface area contributed by atoms with Gasteiger partial charge in [0.2, 0.25) is 0 Å². The van der Waals surface area contributed by atoms with Gasteiger partial charge in [0.05, 0.1) is 0 Å². The number of alkyl halides is 2. The first kappa shape index (κ1) is 28.8. The van der Waals surface area contributed by atoms with E-state index in [0.29, 0.717) is 23.8 Å². The van der Waals surface area contributed by atoms with E-state index in [0.717, 1.165) is 42.0 Å². The molecule has 5 aromatic rings. The number of hydrogen-bond donors (Lipinski definition) is 0. The molecule has 5 rings (SSSR count). The van der Waals surface area contributed by atoms with Crippen LogP contribution in [0.25, 0.3) is 33.4 Å². The maximum Gasteiger partial charge on any atom is 0.432 e. The average molecular weight is 588 g/mol. The lowest BCUT2D eigenvalue weighted by atomic mass is 9.99. The number of aryl methyl sites for hydroxylation is 1. The van der Waals surface area contributed by atoms with Gasteiger partial charge >= 0.3 is 6.11 Å². The molecule has 0 N–H and O–H groups in total. The van der Waals surface area contributed by atoms with Crippen LogP contribution in [0.5, 0.6) is 5.75 Å². The van der Waals surface area contributed by atoms with Gasteiger partial charge in [0.1, 0.15) is 34.6 Å². The van der Waals surface area contributed by atoms with E-state index in [2.05, 4.69) is 4.74 Å². The van der Waals surface area contributed by atoms with Gasteiger partial charge in [-0.05, 0) is 71.6 Å². The molecule has 0 aromatic heterocycles. The van der Waals surface area contributed by atoms with Crippen LogP contribution in [0.15, 0.2) is 84.9 Å². The van der Waals surface area contributed by atoms with Crippen molar-refractivity contribution in [1.82, 2.24) is 0 Å². The van der Waals surface area contributed by atoms with Crippen molar-refractivity contribution in [3.05, 3.63) is 137 Å². The SMILES string of the molecule is Cc1ccc(-c2cc(F)c(C(F)(F)Oc3ccc(-c4ccc(-c5cc(F)c(F)c(F)c5)c(F)c4)c(F)c3)c(F)c2)cc1. The summed E-state index contributed by atoms with van der Waals surface area (Å²) >= 11 is 0. The fraction of sp³-hybridized carbons (Fsp3) is 0.0625. The van der Waals surface area contributed by atoms with Crippen molar-refractivity contribution in [2.45, 2.75) is 13.0 Å². The van der Waals surface area contributed by atoms with Crippen molar-refractivity contribution in [1.29, 1.82) is 0 Å². The molecule has 0 heterocycles. The molecule has 1 nitrogen and oxygen atoms in total. The summed E-state index contributed by atoms with van der Waals surface area (Å²) in [6.45, 7) is 1.80. The summed E-state index contributed by atoms with van der Waals surface area (Å²) in [5.41, 5.74) is -1.35. The van der Waals surface area contributed by atoms with E-state index in [9.17, 15) is 39.5 Å². The summed E-state index contributed by atoms with van der Waals surface area (Å²) in [5, 5.41) is 0. The highest BCUT2D eigenvalue weighted by Gasteiger charge is 2.41. The molecule has 5 aromatic carbocycles. The maximum atomic E-state index is 14.9. The number of halogens is 9. The monoisotopic (exact) mass is 588 g/mol. The van der Waals surface area contributed by atoms with Gasteiger partial charge in [0.25, 0.3) is 0 Å². The predicted octanol–water partition coefficient (Wildman–Crippen LogP) is 10.1. The molecule has 10 heteroatoms. The quantitative estimate of drug-likeness (QED) is 0.142. The Morgan fingerprint density at radius 1 is 0.476 bits per heavy atom. The third-order valence-electron chi connectivity index (χ3n) is 6.48. The summed E-state index contributed by atoms with van der Waals surface area (Å²) in [5.74, 6) is -10.9. The Bertz CT molecular complexity index is 1770. The van der Waals surface area contributed by atoms with Crippen LogP contribution in [0.1, 0.15) is 11.1 Å². The number of benzene rings is 5. The minimum Gasteiger partial charge on any atom is -0.429 e. The Morgan fingerprint density at radius 3 is 1.52 bits per heavy atom. The van der Waals surface area contributed by atoms with Gasteiger partial charge in [-0.25, -0.2) is 30.7 Å². The molecule has 214 valence electrons. The molecule has 0 unspecified atom stereocenters. The first-order valence-electron chi connectivity index (χ1n) is 12.2. The largest absolute Gasteiger partial charge is 0.432 e. The molecule has 0 fully saturated rings. The second-order valence-corrected chi connectivity index (χ2v) is 9.39. The van der Waals surface area contributed by atoms with E-state index in [1.807, 2.05) is 0 Å². The zero-order valence-corrected chi connectivity index (χ0v) is 21.4. The second kappa shape index (κ2) is 10.9. The molecule has 0 saturated heterocycles. The highest BCUT2D eigenvalue weighted by Crippen LogP contribution is 2.38. The van der Waals surface area contributed by atoms with Crippen molar-refractivity contribution >= 4 is 0 Å². The van der Waals surface area contributed by atoms with E-state index >= 15 is 0 Å². The predicted molar refractivity (Wildman–Crippen MR) is 138 cm³/mol. The normalized spacial score (nSPS) is 11.6. The Hall–Kier alpha value is -4.73. The molecule has 0 atom stereocenters. The summed E-state index contributed by atoms with van der Waals surface area (Å²) in [6.07, 6.45) is -4.54. The third kappa shape index (κ3) is 5.57. The van der Waals surface area contributed by atoms with E-state index in [1.165, 1.54) is 6.07 Å². The van der Waals surface area contributed by atoms with Crippen LogP contribution >= 0.6 is 0 Å². The van der Waals surface area contributed by atoms with Gasteiger partial charge in [0.15, 0.2) is 17.5 Å².